The Morgan fingerprint density at radius 3 is 2.54 bits per heavy atom. The molecule has 0 aliphatic carbocycles. The molecule has 4 rings (SSSR count). The second-order valence-corrected chi connectivity index (χ2v) is 6.69. The molecule has 0 unspecified atom stereocenters. The van der Waals surface area contributed by atoms with E-state index in [1.807, 2.05) is 41.8 Å². The van der Waals surface area contributed by atoms with E-state index in [1.54, 1.807) is 6.20 Å². The molecule has 1 aliphatic heterocycles. The highest BCUT2D eigenvalue weighted by molar-refractivity contribution is 5.88. The lowest BCUT2D eigenvalue weighted by atomic mass is 10.1. The van der Waals surface area contributed by atoms with Crippen LogP contribution in [0.3, 0.4) is 0 Å². The normalized spacial score (nSPS) is 13.8. The zero-order chi connectivity index (χ0) is 19.9. The van der Waals surface area contributed by atoms with Crippen molar-refractivity contribution in [2.24, 2.45) is 0 Å². The number of nitrogens with zero attached hydrogens (tertiary/aromatic N) is 4. The Balaban J connectivity index is 0.000000169. The molecule has 1 aliphatic rings. The Morgan fingerprint density at radius 2 is 1.89 bits per heavy atom. The van der Waals surface area contributed by atoms with E-state index >= 15 is 0 Å². The van der Waals surface area contributed by atoms with E-state index in [0.29, 0.717) is 0 Å². The van der Waals surface area contributed by atoms with Gasteiger partial charge in [0.05, 0.1) is 19.4 Å². The van der Waals surface area contributed by atoms with Crippen molar-refractivity contribution in [3.63, 3.8) is 0 Å². The van der Waals surface area contributed by atoms with Crippen LogP contribution >= 0.6 is 0 Å². The second-order valence-electron chi connectivity index (χ2n) is 6.69. The Hall–Kier alpha value is -2.93. The highest BCUT2D eigenvalue weighted by atomic mass is 16.5. The molecule has 1 amide bonds. The number of hydrogen-bond donors (Lipinski definition) is 1. The number of carbonyl (C=O) groups excluding carboxylic acids is 1. The number of amides is 1. The average Bonchev–Trinajstić information content (AvgIpc) is 3.17. The van der Waals surface area contributed by atoms with Gasteiger partial charge >= 0.3 is 0 Å². The van der Waals surface area contributed by atoms with Crippen LogP contribution in [0.2, 0.25) is 0 Å². The molecule has 0 radical (unpaired) electrons. The van der Waals surface area contributed by atoms with E-state index in [2.05, 4.69) is 33.3 Å². The van der Waals surface area contributed by atoms with Crippen LogP contribution in [-0.4, -0.2) is 46.8 Å². The van der Waals surface area contributed by atoms with Gasteiger partial charge in [0.15, 0.2) is 5.65 Å². The third-order valence-electron chi connectivity index (χ3n) is 4.49. The molecule has 7 heteroatoms. The number of aryl methyl sites for hydroxylation is 2. The number of anilines is 2. The number of hydrogen-bond acceptors (Lipinski definition) is 5. The number of aromatic nitrogens is 3. The minimum absolute atomic E-state index is 0.0285. The average molecular weight is 381 g/mol. The number of carbonyl (C=O) groups is 1. The lowest BCUT2D eigenvalue weighted by molar-refractivity contribution is -0.114. The highest BCUT2D eigenvalue weighted by Crippen LogP contribution is 2.17. The fraction of sp³-hybridized carbons (Fsp3) is 0.381. The molecule has 3 heterocycles. The molecular weight excluding hydrogens is 354 g/mol. The Bertz CT molecular complexity index is 914. The van der Waals surface area contributed by atoms with Gasteiger partial charge in [-0.3, -0.25) is 4.79 Å². The first-order chi connectivity index (χ1) is 13.6. The second kappa shape index (κ2) is 9.32. The van der Waals surface area contributed by atoms with E-state index in [-0.39, 0.29) is 5.91 Å². The number of fused-ring (bicyclic) bond motifs is 1. The zero-order valence-corrected chi connectivity index (χ0v) is 16.7. The molecule has 0 saturated carbocycles. The summed E-state index contributed by atoms with van der Waals surface area (Å²) < 4.78 is 7.25. The minimum atomic E-state index is -0.0285. The summed E-state index contributed by atoms with van der Waals surface area (Å²) in [6.45, 7) is 9.02. The Morgan fingerprint density at radius 1 is 1.18 bits per heavy atom. The van der Waals surface area contributed by atoms with Crippen LogP contribution in [0.5, 0.6) is 0 Å². The molecule has 1 saturated heterocycles. The maximum absolute atomic E-state index is 10.7. The molecule has 1 N–H and O–H groups in total. The van der Waals surface area contributed by atoms with E-state index in [4.69, 9.17) is 4.74 Å². The summed E-state index contributed by atoms with van der Waals surface area (Å²) >= 11 is 0. The molecule has 28 heavy (non-hydrogen) atoms. The lowest BCUT2D eigenvalue weighted by Gasteiger charge is -2.28. The Labute approximate surface area is 165 Å². The van der Waals surface area contributed by atoms with Crippen molar-refractivity contribution in [3.05, 3.63) is 53.9 Å². The standard InChI is InChI=1S/C11H14N4O.C10H13NO/c1-9-8-11(14-4-6-16-7-5-14)15-10(13-9)2-3-12-15;1-3-9-4-6-10(7-5-9)11-8(2)12/h2-3,8H,4-7H2,1H3;4-7H,3H2,1-2H3,(H,11,12). The largest absolute Gasteiger partial charge is 0.378 e. The SMILES string of the molecule is CCc1ccc(NC(C)=O)cc1.Cc1cc(N2CCOCC2)n2nccc2n1. The van der Waals surface area contributed by atoms with Gasteiger partial charge in [0.2, 0.25) is 5.91 Å². The quantitative estimate of drug-likeness (QED) is 0.755. The topological polar surface area (TPSA) is 71.8 Å². The number of rotatable bonds is 3. The predicted octanol–water partition coefficient (Wildman–Crippen LogP) is 3.08. The first-order valence-corrected chi connectivity index (χ1v) is 9.57. The molecule has 0 atom stereocenters. The maximum atomic E-state index is 10.7. The molecule has 2 aromatic heterocycles. The summed E-state index contributed by atoms with van der Waals surface area (Å²) in [6, 6.07) is 11.9. The van der Waals surface area contributed by atoms with Crippen LogP contribution in [0.4, 0.5) is 11.5 Å². The molecule has 3 aromatic rings. The number of benzene rings is 1. The minimum Gasteiger partial charge on any atom is -0.378 e. The fourth-order valence-corrected chi connectivity index (χ4v) is 3.06. The van der Waals surface area contributed by atoms with Crippen molar-refractivity contribution in [2.75, 3.05) is 36.5 Å². The van der Waals surface area contributed by atoms with Gasteiger partial charge in [-0.15, -0.1) is 0 Å². The van der Waals surface area contributed by atoms with Crippen LogP contribution < -0.4 is 10.2 Å². The Kier molecular flexibility index (Phi) is 6.60. The molecule has 1 aromatic carbocycles. The zero-order valence-electron chi connectivity index (χ0n) is 16.7. The van der Waals surface area contributed by atoms with Gasteiger partial charge in [-0.2, -0.15) is 9.61 Å². The third-order valence-corrected chi connectivity index (χ3v) is 4.49. The van der Waals surface area contributed by atoms with Crippen LogP contribution in [0.25, 0.3) is 5.65 Å². The fourth-order valence-electron chi connectivity index (χ4n) is 3.06. The maximum Gasteiger partial charge on any atom is 0.221 e. The molecule has 1 fully saturated rings. The van der Waals surface area contributed by atoms with Gasteiger partial charge in [-0.05, 0) is 31.0 Å². The summed E-state index contributed by atoms with van der Waals surface area (Å²) in [5.41, 5.74) is 4.07. The van der Waals surface area contributed by atoms with Gasteiger partial charge in [-0.25, -0.2) is 4.98 Å². The lowest BCUT2D eigenvalue weighted by Crippen LogP contribution is -2.37. The monoisotopic (exact) mass is 381 g/mol. The van der Waals surface area contributed by atoms with Crippen molar-refractivity contribution in [2.45, 2.75) is 27.2 Å². The van der Waals surface area contributed by atoms with Crippen molar-refractivity contribution >= 4 is 23.1 Å². The first-order valence-electron chi connectivity index (χ1n) is 9.57. The third kappa shape index (κ3) is 5.07. The van der Waals surface area contributed by atoms with E-state index in [0.717, 1.165) is 55.6 Å². The van der Waals surface area contributed by atoms with Crippen LogP contribution in [-0.2, 0) is 16.0 Å². The van der Waals surface area contributed by atoms with Crippen LogP contribution in [0, 0.1) is 6.92 Å². The van der Waals surface area contributed by atoms with Crippen molar-refractivity contribution in [1.29, 1.82) is 0 Å². The number of morpholine rings is 1. The molecule has 0 spiro atoms. The van der Waals surface area contributed by atoms with Gasteiger partial charge in [-0.1, -0.05) is 19.1 Å². The summed E-state index contributed by atoms with van der Waals surface area (Å²) in [5.74, 6) is 1.08. The molecule has 148 valence electrons. The summed E-state index contributed by atoms with van der Waals surface area (Å²) in [7, 11) is 0. The van der Waals surface area contributed by atoms with Gasteiger partial charge in [0.25, 0.3) is 0 Å². The van der Waals surface area contributed by atoms with Gasteiger partial charge < -0.3 is 15.0 Å². The predicted molar refractivity (Wildman–Crippen MR) is 111 cm³/mol. The van der Waals surface area contributed by atoms with E-state index < -0.39 is 0 Å². The smallest absolute Gasteiger partial charge is 0.221 e. The van der Waals surface area contributed by atoms with Gasteiger partial charge in [0, 0.05) is 43.5 Å². The molecule has 7 nitrogen and oxygen atoms in total. The summed E-state index contributed by atoms with van der Waals surface area (Å²) in [5, 5.41) is 7.02. The number of nitrogens with one attached hydrogen (secondary N) is 1. The number of ether oxygens (including phenoxy) is 1. The van der Waals surface area contributed by atoms with E-state index in [9.17, 15) is 4.79 Å². The van der Waals surface area contributed by atoms with Crippen LogP contribution in [0.1, 0.15) is 25.1 Å². The van der Waals surface area contributed by atoms with Crippen LogP contribution in [0.15, 0.2) is 42.6 Å². The van der Waals surface area contributed by atoms with E-state index in [1.165, 1.54) is 12.5 Å². The van der Waals surface area contributed by atoms with Crippen molar-refractivity contribution < 1.29 is 9.53 Å². The first kappa shape index (κ1) is 19.8. The molecular formula is C21H27N5O2. The van der Waals surface area contributed by atoms with Crippen molar-refractivity contribution in [3.8, 4) is 0 Å². The van der Waals surface area contributed by atoms with Crippen molar-refractivity contribution in [1.82, 2.24) is 14.6 Å². The molecule has 0 bridgehead atoms. The van der Waals surface area contributed by atoms with Gasteiger partial charge in [0.1, 0.15) is 5.82 Å². The summed E-state index contributed by atoms with van der Waals surface area (Å²) in [6.07, 6.45) is 2.81. The summed E-state index contributed by atoms with van der Waals surface area (Å²) in [4.78, 5) is 17.4. The highest BCUT2D eigenvalue weighted by Gasteiger charge is 2.15.